The number of nitrogen functional groups attached to an aromatic ring is 1. The first kappa shape index (κ1) is 15.0. The molecule has 0 saturated carbocycles. The van der Waals surface area contributed by atoms with Crippen LogP contribution in [0.3, 0.4) is 0 Å². The molecule has 1 atom stereocenters. The third-order valence-electron chi connectivity index (χ3n) is 2.96. The highest BCUT2D eigenvalue weighted by Gasteiger charge is 2.19. The number of unbranched alkanes of at least 4 members (excludes halogenated alkanes) is 1. The average molecular weight is 270 g/mol. The number of benzene rings is 1. The zero-order chi connectivity index (χ0) is 13.8. The molecule has 5 heteroatoms. The smallest absolute Gasteiger partial charge is 0.241 e. The van der Waals surface area contributed by atoms with Crippen LogP contribution in [0.4, 0.5) is 5.69 Å². The van der Waals surface area contributed by atoms with Gasteiger partial charge in [-0.15, -0.1) is 0 Å². The van der Waals surface area contributed by atoms with Crippen molar-refractivity contribution < 1.29 is 8.42 Å². The van der Waals surface area contributed by atoms with Crippen LogP contribution in [-0.4, -0.2) is 14.5 Å². The van der Waals surface area contributed by atoms with E-state index in [0.29, 0.717) is 11.3 Å². The maximum Gasteiger partial charge on any atom is 0.241 e. The van der Waals surface area contributed by atoms with Crippen molar-refractivity contribution in [2.45, 2.75) is 51.0 Å². The fourth-order valence-electron chi connectivity index (χ4n) is 1.82. The predicted molar refractivity (Wildman–Crippen MR) is 74.9 cm³/mol. The summed E-state index contributed by atoms with van der Waals surface area (Å²) in [5.41, 5.74) is 6.84. The molecular formula is C13H22N2O2S. The molecule has 0 amide bonds. The highest BCUT2D eigenvalue weighted by molar-refractivity contribution is 7.89. The second-order valence-electron chi connectivity index (χ2n) is 4.63. The fourth-order valence-corrected chi connectivity index (χ4v) is 3.37. The molecule has 0 aliphatic carbocycles. The van der Waals surface area contributed by atoms with Crippen LogP contribution in [0.1, 0.15) is 38.7 Å². The standard InChI is InChI=1S/C13H22N2O2S/c1-4-5-7-10(2)15-18(16,17)13-9-6-8-12(14)11(13)3/h6,8-10,15H,4-5,7,14H2,1-3H3. The van der Waals surface area contributed by atoms with Gasteiger partial charge in [0.25, 0.3) is 0 Å². The minimum atomic E-state index is -3.47. The Labute approximate surface area is 110 Å². The summed E-state index contributed by atoms with van der Waals surface area (Å²) in [5.74, 6) is 0. The van der Waals surface area contributed by atoms with Gasteiger partial charge in [-0.25, -0.2) is 13.1 Å². The van der Waals surface area contributed by atoms with E-state index in [1.807, 2.05) is 6.92 Å². The van der Waals surface area contributed by atoms with Gasteiger partial charge in [0.1, 0.15) is 0 Å². The topological polar surface area (TPSA) is 72.2 Å². The molecule has 1 aromatic carbocycles. The largest absolute Gasteiger partial charge is 0.398 e. The van der Waals surface area contributed by atoms with E-state index in [-0.39, 0.29) is 10.9 Å². The molecule has 1 aromatic rings. The summed E-state index contributed by atoms with van der Waals surface area (Å²) in [5, 5.41) is 0. The van der Waals surface area contributed by atoms with Crippen molar-refractivity contribution in [3.8, 4) is 0 Å². The summed E-state index contributed by atoms with van der Waals surface area (Å²) >= 11 is 0. The number of rotatable bonds is 6. The highest BCUT2D eigenvalue weighted by atomic mass is 32.2. The van der Waals surface area contributed by atoms with E-state index in [2.05, 4.69) is 11.6 Å². The monoisotopic (exact) mass is 270 g/mol. The Balaban J connectivity index is 2.90. The van der Waals surface area contributed by atoms with E-state index in [1.165, 1.54) is 0 Å². The minimum Gasteiger partial charge on any atom is -0.398 e. The van der Waals surface area contributed by atoms with E-state index in [0.717, 1.165) is 19.3 Å². The number of sulfonamides is 1. The maximum absolute atomic E-state index is 12.2. The van der Waals surface area contributed by atoms with Crippen molar-refractivity contribution in [2.75, 3.05) is 5.73 Å². The average Bonchev–Trinajstić information content (AvgIpc) is 2.29. The molecule has 0 heterocycles. The van der Waals surface area contributed by atoms with E-state index >= 15 is 0 Å². The fraction of sp³-hybridized carbons (Fsp3) is 0.538. The van der Waals surface area contributed by atoms with Gasteiger partial charge in [0.05, 0.1) is 4.90 Å². The van der Waals surface area contributed by atoms with Crippen LogP contribution >= 0.6 is 0 Å². The van der Waals surface area contributed by atoms with E-state index < -0.39 is 10.0 Å². The summed E-state index contributed by atoms with van der Waals surface area (Å²) in [6, 6.07) is 4.89. The molecule has 3 N–H and O–H groups in total. The van der Waals surface area contributed by atoms with Crippen molar-refractivity contribution in [1.82, 2.24) is 4.72 Å². The second kappa shape index (κ2) is 6.20. The summed E-state index contributed by atoms with van der Waals surface area (Å²) in [6.45, 7) is 5.69. The molecule has 0 aliphatic heterocycles. The van der Waals surface area contributed by atoms with Crippen LogP contribution in [0.15, 0.2) is 23.1 Å². The quantitative estimate of drug-likeness (QED) is 0.780. The Hall–Kier alpha value is -1.07. The lowest BCUT2D eigenvalue weighted by Gasteiger charge is -2.15. The Morgan fingerprint density at radius 2 is 2.06 bits per heavy atom. The Bertz CT molecular complexity index is 498. The molecule has 0 radical (unpaired) electrons. The lowest BCUT2D eigenvalue weighted by Crippen LogP contribution is -2.33. The third-order valence-corrected chi connectivity index (χ3v) is 4.70. The summed E-state index contributed by atoms with van der Waals surface area (Å²) in [6.07, 6.45) is 2.92. The van der Waals surface area contributed by atoms with Crippen LogP contribution < -0.4 is 10.5 Å². The molecule has 1 unspecified atom stereocenters. The van der Waals surface area contributed by atoms with E-state index in [1.54, 1.807) is 25.1 Å². The lowest BCUT2D eigenvalue weighted by molar-refractivity contribution is 0.534. The Kier molecular flexibility index (Phi) is 5.16. The van der Waals surface area contributed by atoms with Gasteiger partial charge in [0.2, 0.25) is 10.0 Å². The third kappa shape index (κ3) is 3.71. The van der Waals surface area contributed by atoms with Crippen LogP contribution in [0.2, 0.25) is 0 Å². The maximum atomic E-state index is 12.2. The number of hydrogen-bond acceptors (Lipinski definition) is 3. The van der Waals surface area contributed by atoms with Gasteiger partial charge < -0.3 is 5.73 Å². The molecular weight excluding hydrogens is 248 g/mol. The SMILES string of the molecule is CCCCC(C)NS(=O)(=O)c1cccc(N)c1C. The molecule has 0 saturated heterocycles. The normalized spacial score (nSPS) is 13.5. The second-order valence-corrected chi connectivity index (χ2v) is 6.32. The molecule has 0 spiro atoms. The molecule has 4 nitrogen and oxygen atoms in total. The first-order valence-corrected chi connectivity index (χ1v) is 7.74. The highest BCUT2D eigenvalue weighted by Crippen LogP contribution is 2.20. The van der Waals surface area contributed by atoms with Crippen LogP contribution in [0.25, 0.3) is 0 Å². The summed E-state index contributed by atoms with van der Waals surface area (Å²) in [4.78, 5) is 0.269. The lowest BCUT2D eigenvalue weighted by atomic mass is 10.2. The zero-order valence-corrected chi connectivity index (χ0v) is 12.0. The molecule has 0 fully saturated rings. The Morgan fingerprint density at radius 1 is 1.39 bits per heavy atom. The van der Waals surface area contributed by atoms with E-state index in [9.17, 15) is 8.42 Å². The molecule has 18 heavy (non-hydrogen) atoms. The van der Waals surface area contributed by atoms with Gasteiger partial charge >= 0.3 is 0 Å². The minimum absolute atomic E-state index is 0.0595. The molecule has 0 aliphatic rings. The van der Waals surface area contributed by atoms with Crippen molar-refractivity contribution in [1.29, 1.82) is 0 Å². The Morgan fingerprint density at radius 3 is 2.67 bits per heavy atom. The first-order chi connectivity index (χ1) is 8.38. The van der Waals surface area contributed by atoms with Gasteiger partial charge in [-0.3, -0.25) is 0 Å². The number of nitrogens with one attached hydrogen (secondary N) is 1. The van der Waals surface area contributed by atoms with Crippen molar-refractivity contribution in [3.05, 3.63) is 23.8 Å². The first-order valence-electron chi connectivity index (χ1n) is 6.26. The number of nitrogens with two attached hydrogens (primary N) is 1. The van der Waals surface area contributed by atoms with Crippen molar-refractivity contribution in [3.63, 3.8) is 0 Å². The molecule has 102 valence electrons. The number of anilines is 1. The van der Waals surface area contributed by atoms with Crippen LogP contribution in [0.5, 0.6) is 0 Å². The van der Waals surface area contributed by atoms with Crippen molar-refractivity contribution in [2.24, 2.45) is 0 Å². The summed E-state index contributed by atoms with van der Waals surface area (Å²) < 4.78 is 27.1. The zero-order valence-electron chi connectivity index (χ0n) is 11.2. The van der Waals surface area contributed by atoms with Crippen molar-refractivity contribution >= 4 is 15.7 Å². The molecule has 0 bridgehead atoms. The van der Waals surface area contributed by atoms with Gasteiger partial charge in [0, 0.05) is 11.7 Å². The number of hydrogen-bond donors (Lipinski definition) is 2. The van der Waals surface area contributed by atoms with Gasteiger partial charge in [0.15, 0.2) is 0 Å². The van der Waals surface area contributed by atoms with Crippen LogP contribution in [0, 0.1) is 6.92 Å². The van der Waals surface area contributed by atoms with Gasteiger partial charge in [-0.1, -0.05) is 25.8 Å². The molecule has 0 aromatic heterocycles. The van der Waals surface area contributed by atoms with Gasteiger partial charge in [-0.2, -0.15) is 0 Å². The van der Waals surface area contributed by atoms with Gasteiger partial charge in [-0.05, 0) is 38.0 Å². The molecule has 1 rings (SSSR count). The summed E-state index contributed by atoms with van der Waals surface area (Å²) in [7, 11) is -3.47. The van der Waals surface area contributed by atoms with E-state index in [4.69, 9.17) is 5.73 Å². The predicted octanol–water partition coefficient (Wildman–Crippen LogP) is 2.43. The van der Waals surface area contributed by atoms with Crippen LogP contribution in [-0.2, 0) is 10.0 Å².